The van der Waals surface area contributed by atoms with Crippen LogP contribution in [0.2, 0.25) is 0 Å². The molecule has 0 bridgehead atoms. The number of aromatic nitrogens is 2. The van der Waals surface area contributed by atoms with Gasteiger partial charge in [0.25, 0.3) is 5.91 Å². The number of fused-ring (bicyclic) bond motifs is 3. The molecule has 1 aromatic carbocycles. The fourth-order valence-electron chi connectivity index (χ4n) is 8.21. The van der Waals surface area contributed by atoms with Crippen LogP contribution in [-0.2, 0) is 24.4 Å². The zero-order chi connectivity index (χ0) is 42.2. The highest BCUT2D eigenvalue weighted by molar-refractivity contribution is 7.91. The van der Waals surface area contributed by atoms with E-state index in [1.54, 1.807) is 37.6 Å². The van der Waals surface area contributed by atoms with Crippen LogP contribution in [0, 0.1) is 17.8 Å². The lowest BCUT2D eigenvalue weighted by molar-refractivity contribution is -0.142. The second-order valence-electron chi connectivity index (χ2n) is 16.6. The van der Waals surface area contributed by atoms with Crippen LogP contribution in [0.5, 0.6) is 17.4 Å². The fraction of sp³-hybridized carbons (Fsp3) is 0.524. The number of methoxy groups -OCH3 is 1. The zero-order valence-corrected chi connectivity index (χ0v) is 34.7. The Bertz CT molecular complexity index is 2250. The largest absolute Gasteiger partial charge is 0.497 e. The van der Waals surface area contributed by atoms with Gasteiger partial charge in [-0.05, 0) is 106 Å². The van der Waals surface area contributed by atoms with Crippen molar-refractivity contribution in [1.29, 1.82) is 0 Å². The fourth-order valence-corrected chi connectivity index (χ4v) is 9.58. The van der Waals surface area contributed by atoms with Crippen molar-refractivity contribution in [1.82, 2.24) is 30.2 Å². The quantitative estimate of drug-likeness (QED) is 0.207. The van der Waals surface area contributed by atoms with Gasteiger partial charge in [0.05, 0.1) is 42.6 Å². The molecule has 2 saturated carbocycles. The van der Waals surface area contributed by atoms with E-state index in [4.69, 9.17) is 19.2 Å². The first-order valence-corrected chi connectivity index (χ1v) is 21.7. The van der Waals surface area contributed by atoms with E-state index in [1.807, 2.05) is 52.0 Å². The Balaban J connectivity index is 1.24. The molecule has 1 saturated heterocycles. The molecule has 2 aliphatic carbocycles. The molecule has 2 aromatic heterocycles. The molecule has 17 heteroatoms. The van der Waals surface area contributed by atoms with Crippen LogP contribution in [0.25, 0.3) is 22.2 Å². The molecular formula is C42H52N6O10S. The van der Waals surface area contributed by atoms with Gasteiger partial charge in [-0.25, -0.2) is 18.2 Å². The Morgan fingerprint density at radius 2 is 1.80 bits per heavy atom. The number of allylic oxidation sites excluding steroid dienone is 1. The average Bonchev–Trinajstić information content (AvgIpc) is 4.11. The molecule has 4 heterocycles. The first kappa shape index (κ1) is 41.7. The highest BCUT2D eigenvalue weighted by Gasteiger charge is 2.62. The van der Waals surface area contributed by atoms with Gasteiger partial charge in [-0.2, -0.15) is 0 Å². The molecule has 16 nitrogen and oxygen atoms in total. The molecule has 7 rings (SSSR count). The normalized spacial score (nSPS) is 28.0. The number of carboxylic acid groups (broad SMARTS) is 1. The van der Waals surface area contributed by atoms with Crippen LogP contribution < -0.4 is 29.6 Å². The van der Waals surface area contributed by atoms with Gasteiger partial charge in [-0.15, -0.1) is 0 Å². The summed E-state index contributed by atoms with van der Waals surface area (Å²) in [6, 6.07) is 8.43. The van der Waals surface area contributed by atoms with E-state index in [9.17, 15) is 32.7 Å². The second kappa shape index (κ2) is 16.7. The summed E-state index contributed by atoms with van der Waals surface area (Å²) >= 11 is 0. The van der Waals surface area contributed by atoms with Crippen molar-refractivity contribution in [3.05, 3.63) is 54.7 Å². The molecule has 0 spiro atoms. The molecule has 4 aliphatic rings. The van der Waals surface area contributed by atoms with E-state index in [0.29, 0.717) is 54.0 Å². The van der Waals surface area contributed by atoms with Gasteiger partial charge in [0, 0.05) is 17.7 Å². The first-order valence-electron chi connectivity index (χ1n) is 20.2. The number of hydrogen-bond acceptors (Lipinski definition) is 11. The minimum Gasteiger partial charge on any atom is -0.497 e. The summed E-state index contributed by atoms with van der Waals surface area (Å²) < 4.78 is 45.9. The Labute approximate surface area is 343 Å². The predicted molar refractivity (Wildman–Crippen MR) is 217 cm³/mol. The third kappa shape index (κ3) is 9.24. The predicted octanol–water partition coefficient (Wildman–Crippen LogP) is 4.57. The Hall–Kier alpha value is -5.45. The molecule has 4 N–H and O–H groups in total. The lowest BCUT2D eigenvalue weighted by Crippen LogP contribution is -2.59. The highest BCUT2D eigenvalue weighted by atomic mass is 32.2. The summed E-state index contributed by atoms with van der Waals surface area (Å²) in [5, 5.41) is 15.8. The smallest absolute Gasteiger partial charge is 0.405 e. The van der Waals surface area contributed by atoms with Gasteiger partial charge in [-0.3, -0.25) is 24.1 Å². The number of amides is 4. The number of carbonyl (C=O) groups is 4. The summed E-state index contributed by atoms with van der Waals surface area (Å²) in [5.41, 5.74) is -0.543. The number of rotatable bonds is 10. The van der Waals surface area contributed by atoms with Crippen LogP contribution >= 0.6 is 0 Å². The molecule has 3 fully saturated rings. The maximum atomic E-state index is 14.6. The van der Waals surface area contributed by atoms with Crippen molar-refractivity contribution in [2.45, 2.75) is 108 Å². The first-order chi connectivity index (χ1) is 28.1. The summed E-state index contributed by atoms with van der Waals surface area (Å²) in [4.78, 5) is 65.8. The van der Waals surface area contributed by atoms with Crippen molar-refractivity contribution in [3.63, 3.8) is 0 Å². The number of ether oxygens (including phenoxy) is 3. The number of nitrogens with one attached hydrogen (secondary N) is 3. The van der Waals surface area contributed by atoms with Crippen LogP contribution in [0.3, 0.4) is 0 Å². The van der Waals surface area contributed by atoms with Gasteiger partial charge in [0.1, 0.15) is 35.2 Å². The van der Waals surface area contributed by atoms with Gasteiger partial charge in [0.2, 0.25) is 27.7 Å². The van der Waals surface area contributed by atoms with Gasteiger partial charge in [0.15, 0.2) is 0 Å². The number of pyridine rings is 2. The standard InChI is InChI=1S/C42H52N6O10S/c1-23(2)57-29-11-15-33(43-21-29)34-18-26-17-28(56-5)10-14-32(26)38(44-34)58-30-19-35-37(49)46-42(40(51)47-59(54,55)31-12-13-31)20-27(42)9-7-6-8-24(3)16-25(4)36(45-41(52)53)39(50)48(35)22-30/h7,9-11,14-15,17-18,21,23-25,27,30-31,35-36,45H,6,8,12-13,16,19-20,22H2,1-5H3,(H,46,49)(H,47,51)(H,52,53)/b9-7-/t24-,25+,27+,30+,35-,36-,42+/m0/s1. The topological polar surface area (TPSA) is 215 Å². The van der Waals surface area contributed by atoms with E-state index in [-0.39, 0.29) is 37.3 Å². The van der Waals surface area contributed by atoms with Crippen molar-refractivity contribution in [2.24, 2.45) is 17.8 Å². The van der Waals surface area contributed by atoms with E-state index in [2.05, 4.69) is 20.3 Å². The number of carbonyl (C=O) groups excluding carboxylic acids is 3. The molecule has 4 amide bonds. The van der Waals surface area contributed by atoms with Crippen molar-refractivity contribution >= 4 is 44.6 Å². The summed E-state index contributed by atoms with van der Waals surface area (Å²) in [6.07, 6.45) is 6.05. The molecule has 316 valence electrons. The number of benzene rings is 1. The molecule has 2 aliphatic heterocycles. The van der Waals surface area contributed by atoms with E-state index >= 15 is 0 Å². The number of sulfonamides is 1. The summed E-state index contributed by atoms with van der Waals surface area (Å²) in [7, 11) is -2.37. The Kier molecular flexibility index (Phi) is 11.8. The number of hydrogen-bond donors (Lipinski definition) is 4. The van der Waals surface area contributed by atoms with Gasteiger partial charge < -0.3 is 34.9 Å². The Morgan fingerprint density at radius 1 is 1.03 bits per heavy atom. The van der Waals surface area contributed by atoms with E-state index < -0.39 is 74.7 Å². The molecule has 59 heavy (non-hydrogen) atoms. The van der Waals surface area contributed by atoms with Crippen LogP contribution in [0.4, 0.5) is 4.79 Å². The average molecular weight is 833 g/mol. The Morgan fingerprint density at radius 3 is 2.47 bits per heavy atom. The highest BCUT2D eigenvalue weighted by Crippen LogP contribution is 2.46. The van der Waals surface area contributed by atoms with Crippen LogP contribution in [0.1, 0.15) is 72.6 Å². The molecule has 0 unspecified atom stereocenters. The third-order valence-electron chi connectivity index (χ3n) is 11.5. The van der Waals surface area contributed by atoms with Crippen molar-refractivity contribution < 1.29 is 46.9 Å². The maximum Gasteiger partial charge on any atom is 0.405 e. The lowest BCUT2D eigenvalue weighted by Gasteiger charge is -2.32. The van der Waals surface area contributed by atoms with Gasteiger partial charge in [-0.1, -0.05) is 26.0 Å². The second-order valence-corrected chi connectivity index (χ2v) is 18.6. The third-order valence-corrected chi connectivity index (χ3v) is 13.4. The summed E-state index contributed by atoms with van der Waals surface area (Å²) in [6.45, 7) is 7.56. The molecule has 3 aromatic rings. The van der Waals surface area contributed by atoms with Crippen molar-refractivity contribution in [2.75, 3.05) is 13.7 Å². The van der Waals surface area contributed by atoms with Crippen LogP contribution in [-0.4, -0.2) is 101 Å². The minimum atomic E-state index is -3.93. The molecule has 0 radical (unpaired) electrons. The minimum absolute atomic E-state index is 0.0379. The summed E-state index contributed by atoms with van der Waals surface area (Å²) in [5.74, 6) is -1.54. The molecule has 7 atom stereocenters. The monoisotopic (exact) mass is 832 g/mol. The van der Waals surface area contributed by atoms with E-state index in [1.165, 1.54) is 4.90 Å². The van der Waals surface area contributed by atoms with Crippen molar-refractivity contribution in [3.8, 4) is 28.8 Å². The number of nitrogens with zero attached hydrogens (tertiary/aromatic N) is 3. The SMILES string of the molecule is COc1ccc2c(O[C@@H]3C[C@H]4C(=O)N[C@]5(C(=O)NS(=O)(=O)C6CC6)C[C@H]5/C=C\CC[C@H](C)C[C@@H](C)[C@H](NC(=O)O)C(=O)N4C3)nc(-c3ccc(OC(C)C)cn3)cc2c1. The van der Waals surface area contributed by atoms with E-state index in [0.717, 1.165) is 11.8 Å². The maximum absolute atomic E-state index is 14.6. The zero-order valence-electron chi connectivity index (χ0n) is 33.8. The van der Waals surface area contributed by atoms with Crippen LogP contribution in [0.15, 0.2) is 54.7 Å². The molecular weight excluding hydrogens is 781 g/mol. The van der Waals surface area contributed by atoms with Gasteiger partial charge >= 0.3 is 6.09 Å². The lowest BCUT2D eigenvalue weighted by atomic mass is 9.88.